The predicted molar refractivity (Wildman–Crippen MR) is 118 cm³/mol. The lowest BCUT2D eigenvalue weighted by molar-refractivity contribution is -0.122. The van der Waals surface area contributed by atoms with Gasteiger partial charge in [-0.3, -0.25) is 14.9 Å². The number of carboxylic acids is 1. The molecule has 2 N–H and O–H groups in total. The molecule has 0 bridgehead atoms. The number of anilines is 1. The van der Waals surface area contributed by atoms with Gasteiger partial charge >= 0.3 is 12.0 Å². The lowest BCUT2D eigenvalue weighted by Crippen LogP contribution is -2.54. The van der Waals surface area contributed by atoms with E-state index in [0.29, 0.717) is 22.8 Å². The fourth-order valence-electron chi connectivity index (χ4n) is 3.49. The van der Waals surface area contributed by atoms with Crippen LogP contribution in [0.5, 0.6) is 11.5 Å². The van der Waals surface area contributed by atoms with E-state index in [1.807, 2.05) is 0 Å². The molecule has 1 fully saturated rings. The summed E-state index contributed by atoms with van der Waals surface area (Å²) in [5.74, 6) is -1.68. The number of rotatable bonds is 4. The van der Waals surface area contributed by atoms with Crippen molar-refractivity contribution in [2.75, 3.05) is 11.7 Å². The number of imide groups is 2. The zero-order valence-electron chi connectivity index (χ0n) is 17.0. The van der Waals surface area contributed by atoms with Gasteiger partial charge in [0.25, 0.3) is 11.8 Å². The molecule has 1 saturated heterocycles. The first-order valence-corrected chi connectivity index (χ1v) is 10.1. The van der Waals surface area contributed by atoms with E-state index in [0.717, 1.165) is 4.90 Å². The highest BCUT2D eigenvalue weighted by atomic mass is 35.5. The molecule has 0 aliphatic carbocycles. The van der Waals surface area contributed by atoms with E-state index in [2.05, 4.69) is 5.32 Å². The maximum Gasteiger partial charge on any atom is 0.337 e. The number of nitrogens with one attached hydrogen (secondary N) is 1. The highest BCUT2D eigenvalue weighted by Gasteiger charge is 2.37. The first-order valence-electron chi connectivity index (χ1n) is 9.76. The van der Waals surface area contributed by atoms with Crippen molar-refractivity contribution in [3.8, 4) is 22.8 Å². The number of urea groups is 1. The summed E-state index contributed by atoms with van der Waals surface area (Å²) in [7, 11) is 0. The molecule has 0 spiro atoms. The summed E-state index contributed by atoms with van der Waals surface area (Å²) in [6, 6.07) is 11.0. The molecule has 2 aromatic carbocycles. The van der Waals surface area contributed by atoms with Crippen LogP contribution in [0.3, 0.4) is 0 Å². The molecule has 3 heterocycles. The van der Waals surface area contributed by atoms with Gasteiger partial charge in [-0.2, -0.15) is 0 Å². The molecule has 2 aliphatic heterocycles. The Hall–Kier alpha value is -4.57. The largest absolute Gasteiger partial charge is 0.478 e. The Morgan fingerprint density at radius 1 is 1.03 bits per heavy atom. The Labute approximate surface area is 195 Å². The minimum Gasteiger partial charge on any atom is -0.478 e. The van der Waals surface area contributed by atoms with Crippen LogP contribution in [-0.4, -0.2) is 35.7 Å². The number of carbonyl (C=O) groups is 4. The Morgan fingerprint density at radius 2 is 1.82 bits per heavy atom. The summed E-state index contributed by atoms with van der Waals surface area (Å²) < 4.78 is 16.2. The van der Waals surface area contributed by atoms with Gasteiger partial charge in [-0.1, -0.05) is 11.6 Å². The van der Waals surface area contributed by atoms with Gasteiger partial charge in [-0.05, 0) is 48.5 Å². The molecule has 170 valence electrons. The van der Waals surface area contributed by atoms with Crippen molar-refractivity contribution in [3.05, 3.63) is 70.5 Å². The number of fused-ring (bicyclic) bond motifs is 1. The van der Waals surface area contributed by atoms with Crippen molar-refractivity contribution in [1.29, 1.82) is 0 Å². The minimum absolute atomic E-state index is 0.0188. The highest BCUT2D eigenvalue weighted by Crippen LogP contribution is 2.36. The second-order valence-electron chi connectivity index (χ2n) is 7.20. The van der Waals surface area contributed by atoms with Crippen LogP contribution in [0.25, 0.3) is 17.4 Å². The van der Waals surface area contributed by atoms with E-state index in [1.54, 1.807) is 18.2 Å². The first kappa shape index (κ1) is 21.3. The smallest absolute Gasteiger partial charge is 0.337 e. The normalized spacial score (nSPS) is 16.2. The summed E-state index contributed by atoms with van der Waals surface area (Å²) >= 11 is 5.90. The number of aromatic carboxylic acids is 1. The summed E-state index contributed by atoms with van der Waals surface area (Å²) in [5.41, 5.74) is 0.186. The summed E-state index contributed by atoms with van der Waals surface area (Å²) in [6.45, 7) is 0.0188. The number of carboxylic acid groups (broad SMARTS) is 1. The maximum atomic E-state index is 13.1. The maximum absolute atomic E-state index is 13.1. The van der Waals surface area contributed by atoms with E-state index in [9.17, 15) is 24.3 Å². The Kier molecular flexibility index (Phi) is 5.06. The van der Waals surface area contributed by atoms with Crippen LogP contribution < -0.4 is 19.7 Å². The number of ether oxygens (including phenoxy) is 2. The number of hydrogen-bond donors (Lipinski definition) is 2. The average molecular weight is 481 g/mol. The number of barbiturate groups is 1. The van der Waals surface area contributed by atoms with Crippen molar-refractivity contribution in [2.24, 2.45) is 0 Å². The lowest BCUT2D eigenvalue weighted by Gasteiger charge is -2.26. The number of benzene rings is 2. The number of halogens is 1. The zero-order valence-corrected chi connectivity index (χ0v) is 17.8. The van der Waals surface area contributed by atoms with Crippen molar-refractivity contribution >= 4 is 47.2 Å². The SMILES string of the molecule is O=C1NC(=O)N(c2ccc3c(c2)OCO3)C(=O)/C1=C/c1ccc(-c2ccc(Cl)c(C(=O)O)c2)o1. The van der Waals surface area contributed by atoms with Crippen LogP contribution in [-0.2, 0) is 9.59 Å². The van der Waals surface area contributed by atoms with Gasteiger partial charge in [0.2, 0.25) is 6.79 Å². The van der Waals surface area contributed by atoms with E-state index >= 15 is 0 Å². The molecule has 0 radical (unpaired) electrons. The van der Waals surface area contributed by atoms with Crippen LogP contribution in [0.15, 0.2) is 58.5 Å². The molecule has 1 aromatic heterocycles. The number of hydrogen-bond acceptors (Lipinski definition) is 7. The van der Waals surface area contributed by atoms with Crippen LogP contribution in [0.4, 0.5) is 10.5 Å². The molecule has 10 nitrogen and oxygen atoms in total. The minimum atomic E-state index is -1.20. The summed E-state index contributed by atoms with van der Waals surface area (Å²) in [6.07, 6.45) is 1.20. The predicted octanol–water partition coefficient (Wildman–Crippen LogP) is 3.69. The molecule has 2 aliphatic rings. The molecule has 4 amide bonds. The molecule has 0 atom stereocenters. The number of nitrogens with zero attached hydrogens (tertiary/aromatic N) is 1. The van der Waals surface area contributed by atoms with Gasteiger partial charge in [0.1, 0.15) is 17.1 Å². The first-order chi connectivity index (χ1) is 16.3. The van der Waals surface area contributed by atoms with Crippen LogP contribution in [0, 0.1) is 0 Å². The van der Waals surface area contributed by atoms with Crippen LogP contribution in [0.2, 0.25) is 5.02 Å². The van der Waals surface area contributed by atoms with E-state index in [-0.39, 0.29) is 34.4 Å². The van der Waals surface area contributed by atoms with E-state index in [1.165, 1.54) is 36.4 Å². The van der Waals surface area contributed by atoms with Gasteiger partial charge in [-0.25, -0.2) is 14.5 Å². The van der Waals surface area contributed by atoms with Crippen molar-refractivity contribution in [3.63, 3.8) is 0 Å². The molecular weight excluding hydrogens is 468 g/mol. The Balaban J connectivity index is 1.47. The zero-order chi connectivity index (χ0) is 24.0. The molecule has 3 aromatic rings. The number of furan rings is 1. The topological polar surface area (TPSA) is 135 Å². The van der Waals surface area contributed by atoms with E-state index in [4.69, 9.17) is 25.5 Å². The Bertz CT molecular complexity index is 1420. The van der Waals surface area contributed by atoms with Crippen molar-refractivity contribution in [2.45, 2.75) is 0 Å². The number of amides is 4. The fourth-order valence-corrected chi connectivity index (χ4v) is 3.68. The van der Waals surface area contributed by atoms with Gasteiger partial charge < -0.3 is 19.0 Å². The molecule has 34 heavy (non-hydrogen) atoms. The molecule has 0 saturated carbocycles. The summed E-state index contributed by atoms with van der Waals surface area (Å²) in [5, 5.41) is 11.5. The molecule has 5 rings (SSSR count). The lowest BCUT2D eigenvalue weighted by atomic mass is 10.1. The number of carbonyl (C=O) groups excluding carboxylic acids is 3. The van der Waals surface area contributed by atoms with E-state index < -0.39 is 23.8 Å². The molecule has 0 unspecified atom stereocenters. The second-order valence-corrected chi connectivity index (χ2v) is 7.60. The third-order valence-electron chi connectivity index (χ3n) is 5.11. The van der Waals surface area contributed by atoms with Crippen LogP contribution in [0.1, 0.15) is 16.1 Å². The van der Waals surface area contributed by atoms with Gasteiger partial charge in [-0.15, -0.1) is 0 Å². The average Bonchev–Trinajstić information content (AvgIpc) is 3.46. The van der Waals surface area contributed by atoms with Gasteiger partial charge in [0, 0.05) is 11.6 Å². The highest BCUT2D eigenvalue weighted by molar-refractivity contribution is 6.39. The second kappa shape index (κ2) is 8.09. The Morgan fingerprint density at radius 3 is 2.62 bits per heavy atom. The monoisotopic (exact) mass is 480 g/mol. The van der Waals surface area contributed by atoms with Crippen LogP contribution >= 0.6 is 11.6 Å². The van der Waals surface area contributed by atoms with Crippen molar-refractivity contribution in [1.82, 2.24) is 5.32 Å². The van der Waals surface area contributed by atoms with Crippen molar-refractivity contribution < 1.29 is 38.2 Å². The summed E-state index contributed by atoms with van der Waals surface area (Å²) in [4.78, 5) is 50.0. The third-order valence-corrected chi connectivity index (χ3v) is 5.44. The molecule has 11 heteroatoms. The van der Waals surface area contributed by atoms with Gasteiger partial charge in [0.15, 0.2) is 11.5 Å². The molecular formula is C23H13ClN2O8. The van der Waals surface area contributed by atoms with Gasteiger partial charge in [0.05, 0.1) is 16.3 Å². The fraction of sp³-hybridized carbons (Fsp3) is 0.0435. The standard InChI is InChI=1S/C23H13ClN2O8/c24-16-4-1-11(7-14(16)22(29)30)17-6-3-13(34-17)9-15-20(27)25-23(31)26(21(15)28)12-2-5-18-19(8-12)33-10-32-18/h1-9H,10H2,(H,29,30)(H,25,27,31)/b15-9+. The quantitative estimate of drug-likeness (QED) is 0.426. The third kappa shape index (κ3) is 3.65.